The van der Waals surface area contributed by atoms with Crippen molar-refractivity contribution in [2.75, 3.05) is 28.4 Å². The summed E-state index contributed by atoms with van der Waals surface area (Å²) < 4.78 is 26.3. The van der Waals surface area contributed by atoms with Gasteiger partial charge in [-0.1, -0.05) is 24.2 Å². The molecule has 0 atom stereocenters. The van der Waals surface area contributed by atoms with Gasteiger partial charge < -0.3 is 28.6 Å². The van der Waals surface area contributed by atoms with E-state index in [0.717, 1.165) is 17.6 Å². The summed E-state index contributed by atoms with van der Waals surface area (Å²) in [5.74, 6) is 1.65. The third-order valence-corrected chi connectivity index (χ3v) is 3.94. The van der Waals surface area contributed by atoms with Crippen LogP contribution in [0.5, 0.6) is 17.2 Å². The van der Waals surface area contributed by atoms with E-state index in [0.29, 0.717) is 28.5 Å². The molecule has 0 unspecified atom stereocenters. The van der Waals surface area contributed by atoms with Crippen molar-refractivity contribution in [1.29, 1.82) is 0 Å². The Hall–Kier alpha value is -3.35. The van der Waals surface area contributed by atoms with Crippen LogP contribution in [0.1, 0.15) is 18.9 Å². The van der Waals surface area contributed by atoms with Crippen molar-refractivity contribution in [2.24, 2.45) is 0 Å². The standard InChI is InChI=1S/C21H25NO6/c1-6-7-14(8-9-15(23)12-24-2)17-13-28-22-21(17)16-10-19(26-4)20(27-5)11-18(16)25-3/h7-13,23H,6H2,1-5H3/b9-8-,14-7+,15-12-. The number of rotatable bonds is 9. The zero-order chi connectivity index (χ0) is 20.5. The minimum absolute atomic E-state index is 0.00814. The van der Waals surface area contributed by atoms with E-state index in [-0.39, 0.29) is 5.76 Å². The Bertz CT molecular complexity index is 879. The molecule has 2 aromatic rings. The molecule has 0 amide bonds. The lowest BCUT2D eigenvalue weighted by atomic mass is 9.99. The van der Waals surface area contributed by atoms with Crippen LogP contribution in [-0.2, 0) is 4.74 Å². The SMILES string of the molecule is CC\C=C(/C=C\C(O)=C\OC)c1conc1-c1cc(OC)c(OC)cc1OC. The molecule has 1 heterocycles. The molecule has 2 rings (SSSR count). The molecule has 0 bridgehead atoms. The van der Waals surface area contributed by atoms with E-state index in [1.54, 1.807) is 45.8 Å². The van der Waals surface area contributed by atoms with Gasteiger partial charge in [0.2, 0.25) is 0 Å². The number of hydrogen-bond acceptors (Lipinski definition) is 7. The van der Waals surface area contributed by atoms with Gasteiger partial charge in [0.05, 0.1) is 34.0 Å². The first-order valence-corrected chi connectivity index (χ1v) is 8.64. The number of hydrogen-bond donors (Lipinski definition) is 1. The van der Waals surface area contributed by atoms with Crippen LogP contribution in [0.3, 0.4) is 0 Å². The number of ether oxygens (including phenoxy) is 4. The smallest absolute Gasteiger partial charge is 0.164 e. The predicted molar refractivity (Wildman–Crippen MR) is 107 cm³/mol. The molecule has 1 aromatic carbocycles. The van der Waals surface area contributed by atoms with Gasteiger partial charge in [0.15, 0.2) is 11.5 Å². The lowest BCUT2D eigenvalue weighted by Gasteiger charge is -2.13. The number of aliphatic hydroxyl groups excluding tert-OH is 1. The Labute approximate surface area is 164 Å². The van der Waals surface area contributed by atoms with Gasteiger partial charge in [0.1, 0.15) is 29.7 Å². The number of aromatic nitrogens is 1. The van der Waals surface area contributed by atoms with Gasteiger partial charge in [-0.15, -0.1) is 0 Å². The summed E-state index contributed by atoms with van der Waals surface area (Å²) in [5.41, 5.74) is 2.84. The Morgan fingerprint density at radius 3 is 2.32 bits per heavy atom. The van der Waals surface area contributed by atoms with E-state index < -0.39 is 0 Å². The van der Waals surface area contributed by atoms with Crippen molar-refractivity contribution >= 4 is 5.57 Å². The molecule has 0 aliphatic carbocycles. The quantitative estimate of drug-likeness (QED) is 0.490. The molecule has 1 aromatic heterocycles. The van der Waals surface area contributed by atoms with E-state index in [1.165, 1.54) is 19.4 Å². The maximum absolute atomic E-state index is 9.79. The van der Waals surface area contributed by atoms with Crippen molar-refractivity contribution in [3.8, 4) is 28.5 Å². The van der Waals surface area contributed by atoms with Crippen LogP contribution in [0.25, 0.3) is 16.8 Å². The summed E-state index contributed by atoms with van der Waals surface area (Å²) >= 11 is 0. The predicted octanol–water partition coefficient (Wildman–Crippen LogP) is 4.76. The van der Waals surface area contributed by atoms with Gasteiger partial charge in [-0.25, -0.2) is 0 Å². The monoisotopic (exact) mass is 387 g/mol. The molecule has 7 nitrogen and oxygen atoms in total. The van der Waals surface area contributed by atoms with Crippen LogP contribution in [0, 0.1) is 0 Å². The minimum atomic E-state index is -0.00814. The van der Waals surface area contributed by atoms with Gasteiger partial charge >= 0.3 is 0 Å². The Morgan fingerprint density at radius 2 is 1.71 bits per heavy atom. The summed E-state index contributed by atoms with van der Waals surface area (Å²) in [5, 5.41) is 14.0. The third kappa shape index (κ3) is 4.68. The van der Waals surface area contributed by atoms with Crippen molar-refractivity contribution in [3.05, 3.63) is 54.2 Å². The summed E-state index contributed by atoms with van der Waals surface area (Å²) in [4.78, 5) is 0. The number of aliphatic hydroxyl groups is 1. The first-order valence-electron chi connectivity index (χ1n) is 8.64. The fourth-order valence-electron chi connectivity index (χ4n) is 2.67. The number of benzene rings is 1. The highest BCUT2D eigenvalue weighted by Gasteiger charge is 2.20. The van der Waals surface area contributed by atoms with Gasteiger partial charge in [0.25, 0.3) is 0 Å². The molecule has 0 spiro atoms. The molecular weight excluding hydrogens is 362 g/mol. The van der Waals surface area contributed by atoms with Crippen LogP contribution < -0.4 is 14.2 Å². The molecule has 1 N–H and O–H groups in total. The lowest BCUT2D eigenvalue weighted by Crippen LogP contribution is -1.96. The number of nitrogens with zero attached hydrogens (tertiary/aromatic N) is 1. The van der Waals surface area contributed by atoms with Crippen molar-refractivity contribution < 1.29 is 28.6 Å². The van der Waals surface area contributed by atoms with E-state index in [4.69, 9.17) is 23.5 Å². The second kappa shape index (κ2) is 10.1. The average molecular weight is 387 g/mol. The minimum Gasteiger partial charge on any atom is -0.505 e. The fourth-order valence-corrected chi connectivity index (χ4v) is 2.67. The normalized spacial score (nSPS) is 12.3. The molecule has 7 heteroatoms. The summed E-state index contributed by atoms with van der Waals surface area (Å²) in [6.07, 6.45) is 8.87. The highest BCUT2D eigenvalue weighted by molar-refractivity contribution is 5.86. The van der Waals surface area contributed by atoms with E-state index in [1.807, 2.05) is 13.0 Å². The van der Waals surface area contributed by atoms with E-state index in [9.17, 15) is 5.11 Å². The van der Waals surface area contributed by atoms with Crippen LogP contribution in [-0.4, -0.2) is 38.7 Å². The topological polar surface area (TPSA) is 83.2 Å². The van der Waals surface area contributed by atoms with Crippen molar-refractivity contribution in [3.63, 3.8) is 0 Å². The molecule has 150 valence electrons. The van der Waals surface area contributed by atoms with Crippen molar-refractivity contribution in [1.82, 2.24) is 5.16 Å². The van der Waals surface area contributed by atoms with Crippen LogP contribution in [0.15, 0.2) is 53.2 Å². The maximum atomic E-state index is 9.79. The van der Waals surface area contributed by atoms with Gasteiger partial charge in [-0.2, -0.15) is 0 Å². The molecule has 0 fully saturated rings. The lowest BCUT2D eigenvalue weighted by molar-refractivity contribution is 0.304. The van der Waals surface area contributed by atoms with Crippen LogP contribution >= 0.6 is 0 Å². The van der Waals surface area contributed by atoms with E-state index in [2.05, 4.69) is 5.16 Å². The highest BCUT2D eigenvalue weighted by Crippen LogP contribution is 2.42. The average Bonchev–Trinajstić information content (AvgIpc) is 3.19. The molecule has 0 saturated heterocycles. The third-order valence-electron chi connectivity index (χ3n) is 3.94. The molecule has 0 aliphatic rings. The van der Waals surface area contributed by atoms with Crippen LogP contribution in [0.4, 0.5) is 0 Å². The second-order valence-electron chi connectivity index (χ2n) is 5.66. The fraction of sp³-hybridized carbons (Fsp3) is 0.286. The molecule has 0 aliphatic heterocycles. The zero-order valence-electron chi connectivity index (χ0n) is 16.7. The molecular formula is C21H25NO6. The summed E-state index contributed by atoms with van der Waals surface area (Å²) in [7, 11) is 6.16. The van der Waals surface area contributed by atoms with E-state index >= 15 is 0 Å². The van der Waals surface area contributed by atoms with Crippen molar-refractivity contribution in [2.45, 2.75) is 13.3 Å². The molecule has 0 saturated carbocycles. The number of allylic oxidation sites excluding steroid dienone is 4. The maximum Gasteiger partial charge on any atom is 0.164 e. The molecule has 0 radical (unpaired) electrons. The Kier molecular flexibility index (Phi) is 7.56. The summed E-state index contributed by atoms with van der Waals surface area (Å²) in [6.45, 7) is 2.02. The largest absolute Gasteiger partial charge is 0.505 e. The second-order valence-corrected chi connectivity index (χ2v) is 5.66. The van der Waals surface area contributed by atoms with Gasteiger partial charge in [-0.05, 0) is 24.1 Å². The first kappa shape index (κ1) is 21.0. The summed E-state index contributed by atoms with van der Waals surface area (Å²) in [6, 6.07) is 3.52. The highest BCUT2D eigenvalue weighted by atomic mass is 16.5. The first-order chi connectivity index (χ1) is 13.6. The Balaban J connectivity index is 2.58. The van der Waals surface area contributed by atoms with Gasteiger partial charge in [0, 0.05) is 11.6 Å². The van der Waals surface area contributed by atoms with Crippen LogP contribution in [0.2, 0.25) is 0 Å². The molecule has 28 heavy (non-hydrogen) atoms. The van der Waals surface area contributed by atoms with Gasteiger partial charge in [-0.3, -0.25) is 0 Å². The number of methoxy groups -OCH3 is 4. The zero-order valence-corrected chi connectivity index (χ0v) is 16.7. The Morgan fingerprint density at radius 1 is 1.04 bits per heavy atom.